The van der Waals surface area contributed by atoms with Crippen LogP contribution in [-0.4, -0.2) is 12.6 Å². The van der Waals surface area contributed by atoms with E-state index < -0.39 is 0 Å². The number of halogens is 1. The zero-order chi connectivity index (χ0) is 12.1. The summed E-state index contributed by atoms with van der Waals surface area (Å²) < 4.78 is 5.61. The second-order valence-electron chi connectivity index (χ2n) is 4.55. The molecule has 3 heteroatoms. The molecule has 1 aliphatic carbocycles. The van der Waals surface area contributed by atoms with Crippen LogP contribution < -0.4 is 10.1 Å². The Bertz CT molecular complexity index is 361. The van der Waals surface area contributed by atoms with Crippen LogP contribution >= 0.6 is 11.6 Å². The van der Waals surface area contributed by atoms with Crippen LogP contribution in [0.5, 0.6) is 5.75 Å². The summed E-state index contributed by atoms with van der Waals surface area (Å²) in [6.07, 6.45) is 5.30. The highest BCUT2D eigenvalue weighted by molar-refractivity contribution is 6.30. The van der Waals surface area contributed by atoms with Gasteiger partial charge in [-0.25, -0.2) is 0 Å². The Labute approximate surface area is 108 Å². The second kappa shape index (κ2) is 6.27. The standard InChI is InChI=1S/C14H20ClNO/c1-2-17-14-8-7-12(15)9-11(14)10-16-13-5-3-4-6-13/h7-9,13,16H,2-6,10H2,1H3. The number of benzene rings is 1. The van der Waals surface area contributed by atoms with Crippen LogP contribution in [0.4, 0.5) is 0 Å². The number of rotatable bonds is 5. The topological polar surface area (TPSA) is 21.3 Å². The van der Waals surface area contributed by atoms with Crippen molar-refractivity contribution < 1.29 is 4.74 Å². The maximum Gasteiger partial charge on any atom is 0.123 e. The molecule has 1 aliphatic rings. The molecule has 0 spiro atoms. The molecular formula is C14H20ClNO. The second-order valence-corrected chi connectivity index (χ2v) is 4.98. The van der Waals surface area contributed by atoms with Gasteiger partial charge >= 0.3 is 0 Å². The van der Waals surface area contributed by atoms with Gasteiger partial charge in [-0.2, -0.15) is 0 Å². The summed E-state index contributed by atoms with van der Waals surface area (Å²) in [6, 6.07) is 6.50. The highest BCUT2D eigenvalue weighted by Gasteiger charge is 2.14. The molecule has 0 bridgehead atoms. The molecule has 2 nitrogen and oxygen atoms in total. The average Bonchev–Trinajstić information content (AvgIpc) is 2.82. The largest absolute Gasteiger partial charge is 0.494 e. The van der Waals surface area contributed by atoms with Gasteiger partial charge in [0.05, 0.1) is 6.61 Å². The lowest BCUT2D eigenvalue weighted by atomic mass is 10.1. The van der Waals surface area contributed by atoms with Crippen LogP contribution in [0, 0.1) is 0 Å². The lowest BCUT2D eigenvalue weighted by Gasteiger charge is -2.15. The van der Waals surface area contributed by atoms with Gasteiger partial charge in [-0.15, -0.1) is 0 Å². The number of ether oxygens (including phenoxy) is 1. The van der Waals surface area contributed by atoms with Crippen LogP contribution in [0.1, 0.15) is 38.2 Å². The Morgan fingerprint density at radius 1 is 1.35 bits per heavy atom. The molecule has 1 fully saturated rings. The van der Waals surface area contributed by atoms with Crippen LogP contribution in [-0.2, 0) is 6.54 Å². The van der Waals surface area contributed by atoms with Crippen molar-refractivity contribution in [2.75, 3.05) is 6.61 Å². The summed E-state index contributed by atoms with van der Waals surface area (Å²) in [5.74, 6) is 0.947. The molecule has 1 aromatic rings. The Morgan fingerprint density at radius 3 is 2.82 bits per heavy atom. The summed E-state index contributed by atoms with van der Waals surface area (Å²) in [7, 11) is 0. The van der Waals surface area contributed by atoms with Crippen molar-refractivity contribution in [3.8, 4) is 5.75 Å². The van der Waals surface area contributed by atoms with Gasteiger partial charge in [0.25, 0.3) is 0 Å². The van der Waals surface area contributed by atoms with Crippen molar-refractivity contribution in [3.63, 3.8) is 0 Å². The van der Waals surface area contributed by atoms with Crippen LogP contribution in [0.3, 0.4) is 0 Å². The van der Waals surface area contributed by atoms with E-state index in [1.165, 1.54) is 25.7 Å². The summed E-state index contributed by atoms with van der Waals surface area (Å²) in [4.78, 5) is 0. The van der Waals surface area contributed by atoms with Gasteiger partial charge < -0.3 is 10.1 Å². The maximum atomic E-state index is 6.03. The zero-order valence-electron chi connectivity index (χ0n) is 10.3. The van der Waals surface area contributed by atoms with Crippen LogP contribution in [0.25, 0.3) is 0 Å². The minimum Gasteiger partial charge on any atom is -0.494 e. The molecular weight excluding hydrogens is 234 g/mol. The van der Waals surface area contributed by atoms with Gasteiger partial charge in [0, 0.05) is 23.2 Å². The fourth-order valence-corrected chi connectivity index (χ4v) is 2.56. The third kappa shape index (κ3) is 3.62. The predicted molar refractivity (Wildman–Crippen MR) is 71.7 cm³/mol. The van der Waals surface area contributed by atoms with Gasteiger partial charge in [0.15, 0.2) is 0 Å². The van der Waals surface area contributed by atoms with E-state index >= 15 is 0 Å². The van der Waals surface area contributed by atoms with Gasteiger partial charge in [-0.05, 0) is 38.0 Å². The summed E-state index contributed by atoms with van der Waals surface area (Å²) in [5.41, 5.74) is 1.16. The van der Waals surface area contributed by atoms with Crippen molar-refractivity contribution >= 4 is 11.6 Å². The number of nitrogens with one attached hydrogen (secondary N) is 1. The van der Waals surface area contributed by atoms with Crippen molar-refractivity contribution in [2.45, 2.75) is 45.2 Å². The van der Waals surface area contributed by atoms with E-state index in [1.54, 1.807) is 0 Å². The van der Waals surface area contributed by atoms with Gasteiger partial charge in [0.2, 0.25) is 0 Å². The highest BCUT2D eigenvalue weighted by atomic mass is 35.5. The number of hydrogen-bond acceptors (Lipinski definition) is 2. The SMILES string of the molecule is CCOc1ccc(Cl)cc1CNC1CCCC1. The third-order valence-corrected chi connectivity index (χ3v) is 3.49. The van der Waals surface area contributed by atoms with E-state index in [1.807, 2.05) is 25.1 Å². The number of hydrogen-bond donors (Lipinski definition) is 1. The van der Waals surface area contributed by atoms with Gasteiger partial charge in [0.1, 0.15) is 5.75 Å². The minimum absolute atomic E-state index is 0.670. The van der Waals surface area contributed by atoms with E-state index in [0.717, 1.165) is 22.9 Å². The van der Waals surface area contributed by atoms with E-state index in [2.05, 4.69) is 5.32 Å². The van der Waals surface area contributed by atoms with E-state index in [4.69, 9.17) is 16.3 Å². The molecule has 0 heterocycles. The predicted octanol–water partition coefficient (Wildman–Crippen LogP) is 3.77. The molecule has 0 amide bonds. The third-order valence-electron chi connectivity index (χ3n) is 3.26. The first-order valence-corrected chi connectivity index (χ1v) is 6.82. The quantitative estimate of drug-likeness (QED) is 0.863. The molecule has 0 unspecified atom stereocenters. The van der Waals surface area contributed by atoms with E-state index in [0.29, 0.717) is 12.6 Å². The average molecular weight is 254 g/mol. The zero-order valence-corrected chi connectivity index (χ0v) is 11.1. The summed E-state index contributed by atoms with van der Waals surface area (Å²) >= 11 is 6.03. The normalized spacial score (nSPS) is 16.4. The minimum atomic E-state index is 0.670. The molecule has 0 aromatic heterocycles. The first-order valence-electron chi connectivity index (χ1n) is 6.44. The van der Waals surface area contributed by atoms with Crippen molar-refractivity contribution in [2.24, 2.45) is 0 Å². The summed E-state index contributed by atoms with van der Waals surface area (Å²) in [6.45, 7) is 3.54. The lowest BCUT2D eigenvalue weighted by molar-refractivity contribution is 0.334. The Morgan fingerprint density at radius 2 is 2.12 bits per heavy atom. The van der Waals surface area contributed by atoms with Gasteiger partial charge in [-0.1, -0.05) is 24.4 Å². The molecule has 0 saturated heterocycles. The Balaban J connectivity index is 1.99. The Kier molecular flexibility index (Phi) is 4.69. The van der Waals surface area contributed by atoms with Crippen LogP contribution in [0.15, 0.2) is 18.2 Å². The first-order chi connectivity index (χ1) is 8.29. The Hall–Kier alpha value is -0.730. The highest BCUT2D eigenvalue weighted by Crippen LogP contribution is 2.24. The molecule has 17 heavy (non-hydrogen) atoms. The molecule has 1 saturated carbocycles. The molecule has 2 rings (SSSR count). The monoisotopic (exact) mass is 253 g/mol. The molecule has 1 N–H and O–H groups in total. The smallest absolute Gasteiger partial charge is 0.123 e. The van der Waals surface area contributed by atoms with E-state index in [-0.39, 0.29) is 0 Å². The molecule has 0 radical (unpaired) electrons. The molecule has 1 aromatic carbocycles. The van der Waals surface area contributed by atoms with Gasteiger partial charge in [-0.3, -0.25) is 0 Å². The molecule has 0 atom stereocenters. The maximum absolute atomic E-state index is 6.03. The first kappa shape index (κ1) is 12.7. The summed E-state index contributed by atoms with van der Waals surface area (Å²) in [5, 5.41) is 4.36. The van der Waals surface area contributed by atoms with Crippen LogP contribution in [0.2, 0.25) is 5.02 Å². The van der Waals surface area contributed by atoms with Crippen molar-refractivity contribution in [1.82, 2.24) is 5.32 Å². The van der Waals surface area contributed by atoms with Crippen molar-refractivity contribution in [1.29, 1.82) is 0 Å². The van der Waals surface area contributed by atoms with E-state index in [9.17, 15) is 0 Å². The fraction of sp³-hybridized carbons (Fsp3) is 0.571. The fourth-order valence-electron chi connectivity index (χ4n) is 2.37. The molecule has 0 aliphatic heterocycles. The molecule has 94 valence electrons. The lowest BCUT2D eigenvalue weighted by Crippen LogP contribution is -2.25. The van der Waals surface area contributed by atoms with Crippen molar-refractivity contribution in [3.05, 3.63) is 28.8 Å².